The Hall–Kier alpha value is -2.88. The summed E-state index contributed by atoms with van der Waals surface area (Å²) < 4.78 is 0. The van der Waals surface area contributed by atoms with Gasteiger partial charge in [0.15, 0.2) is 0 Å². The molecule has 3 aromatic rings. The van der Waals surface area contributed by atoms with Crippen molar-refractivity contribution in [2.75, 3.05) is 17.3 Å². The van der Waals surface area contributed by atoms with E-state index in [1.165, 1.54) is 16.7 Å². The predicted molar refractivity (Wildman–Crippen MR) is 109 cm³/mol. The second kappa shape index (κ2) is 8.00. The van der Waals surface area contributed by atoms with Gasteiger partial charge in [-0.2, -0.15) is 4.98 Å². The lowest BCUT2D eigenvalue weighted by Gasteiger charge is -2.20. The molecule has 1 heterocycles. The molecule has 1 N–H and O–H groups in total. The van der Waals surface area contributed by atoms with Crippen LogP contribution in [0.1, 0.15) is 29.3 Å². The number of nitrogens with zero attached hydrogens (tertiary/aromatic N) is 3. The summed E-state index contributed by atoms with van der Waals surface area (Å²) in [7, 11) is 2.06. The fourth-order valence-corrected chi connectivity index (χ4v) is 3.06. The van der Waals surface area contributed by atoms with E-state index in [1.807, 2.05) is 19.1 Å². The maximum absolute atomic E-state index is 4.75. The van der Waals surface area contributed by atoms with E-state index in [9.17, 15) is 0 Å². The third-order valence-electron chi connectivity index (χ3n) is 4.47. The van der Waals surface area contributed by atoms with Crippen molar-refractivity contribution in [3.8, 4) is 0 Å². The first-order chi connectivity index (χ1) is 12.6. The highest BCUT2D eigenvalue weighted by Crippen LogP contribution is 2.25. The number of nitrogens with one attached hydrogen (secondary N) is 1. The Labute approximate surface area is 155 Å². The van der Waals surface area contributed by atoms with Crippen molar-refractivity contribution in [2.45, 2.75) is 33.7 Å². The molecule has 0 amide bonds. The first-order valence-electron chi connectivity index (χ1n) is 9.03. The highest BCUT2D eigenvalue weighted by Gasteiger charge is 2.10. The first kappa shape index (κ1) is 17.9. The fraction of sp³-hybridized carbons (Fsp3) is 0.273. The van der Waals surface area contributed by atoms with Crippen LogP contribution in [0.2, 0.25) is 0 Å². The number of para-hydroxylation sites is 1. The number of hydrogen-bond acceptors (Lipinski definition) is 4. The van der Waals surface area contributed by atoms with Crippen molar-refractivity contribution in [3.05, 3.63) is 77.0 Å². The van der Waals surface area contributed by atoms with E-state index in [4.69, 9.17) is 4.98 Å². The molecule has 0 aliphatic carbocycles. The summed E-state index contributed by atoms with van der Waals surface area (Å²) in [6, 6.07) is 18.8. The molecule has 0 atom stereocenters. The third kappa shape index (κ3) is 4.20. The van der Waals surface area contributed by atoms with Gasteiger partial charge in [0.05, 0.1) is 0 Å². The Kier molecular flexibility index (Phi) is 5.52. The normalized spacial score (nSPS) is 10.6. The molecule has 134 valence electrons. The largest absolute Gasteiger partial charge is 0.355 e. The zero-order valence-corrected chi connectivity index (χ0v) is 16.0. The lowest BCUT2D eigenvalue weighted by molar-refractivity contribution is 0.888. The monoisotopic (exact) mass is 346 g/mol. The van der Waals surface area contributed by atoms with Crippen molar-refractivity contribution < 1.29 is 0 Å². The molecule has 4 heteroatoms. The minimum Gasteiger partial charge on any atom is -0.355 e. The smallest absolute Gasteiger partial charge is 0.229 e. The van der Waals surface area contributed by atoms with Gasteiger partial charge in [-0.25, -0.2) is 4.98 Å². The van der Waals surface area contributed by atoms with Crippen LogP contribution in [0.4, 0.5) is 17.5 Å². The molecule has 0 saturated carbocycles. The number of hydrogen-bond donors (Lipinski definition) is 1. The highest BCUT2D eigenvalue weighted by molar-refractivity contribution is 5.64. The van der Waals surface area contributed by atoms with Crippen LogP contribution in [0.5, 0.6) is 0 Å². The second-order valence-electron chi connectivity index (χ2n) is 6.62. The van der Waals surface area contributed by atoms with Crippen LogP contribution in [0.3, 0.4) is 0 Å². The zero-order valence-electron chi connectivity index (χ0n) is 16.0. The van der Waals surface area contributed by atoms with Gasteiger partial charge in [-0.15, -0.1) is 0 Å². The van der Waals surface area contributed by atoms with Crippen LogP contribution in [0.25, 0.3) is 0 Å². The second-order valence-corrected chi connectivity index (χ2v) is 6.62. The maximum atomic E-state index is 4.75. The predicted octanol–water partition coefficient (Wildman–Crippen LogP) is 5.04. The van der Waals surface area contributed by atoms with E-state index < -0.39 is 0 Å². The lowest BCUT2D eigenvalue weighted by atomic mass is 10.1. The van der Waals surface area contributed by atoms with Gasteiger partial charge < -0.3 is 10.2 Å². The van der Waals surface area contributed by atoms with E-state index >= 15 is 0 Å². The van der Waals surface area contributed by atoms with Crippen LogP contribution < -0.4 is 10.2 Å². The summed E-state index contributed by atoms with van der Waals surface area (Å²) in [6.07, 6.45) is 0.969. The summed E-state index contributed by atoms with van der Waals surface area (Å²) in [6.45, 7) is 7.09. The quantitative estimate of drug-likeness (QED) is 0.679. The minimum absolute atomic E-state index is 0.643. The molecular weight excluding hydrogens is 320 g/mol. The molecule has 2 aromatic carbocycles. The van der Waals surface area contributed by atoms with Gasteiger partial charge in [-0.3, -0.25) is 0 Å². The molecule has 0 aliphatic heterocycles. The molecule has 0 radical (unpaired) electrons. The number of rotatable bonds is 6. The van der Waals surface area contributed by atoms with E-state index in [2.05, 4.69) is 78.6 Å². The highest BCUT2D eigenvalue weighted by atomic mass is 15.2. The Morgan fingerprint density at radius 3 is 2.46 bits per heavy atom. The molecule has 0 fully saturated rings. The fourth-order valence-electron chi connectivity index (χ4n) is 3.06. The van der Waals surface area contributed by atoms with Crippen molar-refractivity contribution in [3.63, 3.8) is 0 Å². The SMILES string of the molecule is CCc1cccc(C)c1Nc1nc(C)cc(N(C)Cc2ccccc2)n1. The molecule has 0 unspecified atom stereocenters. The van der Waals surface area contributed by atoms with Crippen LogP contribution >= 0.6 is 0 Å². The molecule has 26 heavy (non-hydrogen) atoms. The van der Waals surface area contributed by atoms with Crippen LogP contribution in [-0.2, 0) is 13.0 Å². The van der Waals surface area contributed by atoms with E-state index in [0.717, 1.165) is 30.2 Å². The number of aryl methyl sites for hydroxylation is 3. The van der Waals surface area contributed by atoms with Gasteiger partial charge in [-0.05, 0) is 37.0 Å². The average Bonchev–Trinajstić information content (AvgIpc) is 2.64. The van der Waals surface area contributed by atoms with Crippen LogP contribution in [0, 0.1) is 13.8 Å². The van der Waals surface area contributed by atoms with Crippen LogP contribution in [0.15, 0.2) is 54.6 Å². The third-order valence-corrected chi connectivity index (χ3v) is 4.47. The van der Waals surface area contributed by atoms with E-state index in [0.29, 0.717) is 5.95 Å². The molecular formula is C22H26N4. The summed E-state index contributed by atoms with van der Waals surface area (Å²) in [5, 5.41) is 3.44. The van der Waals surface area contributed by atoms with Crippen LogP contribution in [-0.4, -0.2) is 17.0 Å². The van der Waals surface area contributed by atoms with Crippen molar-refractivity contribution in [2.24, 2.45) is 0 Å². The topological polar surface area (TPSA) is 41.1 Å². The van der Waals surface area contributed by atoms with Gasteiger partial charge in [0.25, 0.3) is 0 Å². The molecule has 0 saturated heterocycles. The molecule has 0 aliphatic rings. The zero-order chi connectivity index (χ0) is 18.5. The van der Waals surface area contributed by atoms with Gasteiger partial charge in [-0.1, -0.05) is 55.5 Å². The Bertz CT molecular complexity index is 875. The average molecular weight is 346 g/mol. The summed E-state index contributed by atoms with van der Waals surface area (Å²) >= 11 is 0. The van der Waals surface area contributed by atoms with E-state index in [1.54, 1.807) is 0 Å². The number of benzene rings is 2. The standard InChI is InChI=1S/C22H26N4/c1-5-19-13-9-10-16(2)21(19)25-22-23-17(3)14-20(24-22)26(4)15-18-11-7-6-8-12-18/h6-14H,5,15H2,1-4H3,(H,23,24,25). The molecule has 1 aromatic heterocycles. The first-order valence-corrected chi connectivity index (χ1v) is 9.03. The molecule has 3 rings (SSSR count). The summed E-state index contributed by atoms with van der Waals surface area (Å²) in [5.74, 6) is 1.55. The molecule has 0 bridgehead atoms. The molecule has 4 nitrogen and oxygen atoms in total. The Balaban J connectivity index is 1.86. The number of anilines is 3. The summed E-state index contributed by atoms with van der Waals surface area (Å²) in [4.78, 5) is 11.5. The number of aromatic nitrogens is 2. The maximum Gasteiger partial charge on any atom is 0.229 e. The van der Waals surface area contributed by atoms with E-state index in [-0.39, 0.29) is 0 Å². The van der Waals surface area contributed by atoms with Crippen molar-refractivity contribution in [1.29, 1.82) is 0 Å². The molecule has 0 spiro atoms. The summed E-state index contributed by atoms with van der Waals surface area (Å²) in [5.41, 5.74) is 5.79. The van der Waals surface area contributed by atoms with Crippen molar-refractivity contribution >= 4 is 17.5 Å². The van der Waals surface area contributed by atoms with Gasteiger partial charge in [0, 0.05) is 31.0 Å². The lowest BCUT2D eigenvalue weighted by Crippen LogP contribution is -2.18. The Morgan fingerprint density at radius 1 is 0.962 bits per heavy atom. The minimum atomic E-state index is 0.643. The van der Waals surface area contributed by atoms with Gasteiger partial charge >= 0.3 is 0 Å². The van der Waals surface area contributed by atoms with Crippen molar-refractivity contribution in [1.82, 2.24) is 9.97 Å². The van der Waals surface area contributed by atoms with Gasteiger partial charge in [0.1, 0.15) is 5.82 Å². The Morgan fingerprint density at radius 2 is 1.73 bits per heavy atom. The van der Waals surface area contributed by atoms with Gasteiger partial charge in [0.2, 0.25) is 5.95 Å².